The second-order valence-electron chi connectivity index (χ2n) is 6.01. The predicted octanol–water partition coefficient (Wildman–Crippen LogP) is 6.59. The Balaban J connectivity index is 3.81. The molecule has 0 nitrogen and oxygen atoms in total. The average Bonchev–Trinajstić information content (AvgIpc) is 2.45. The fourth-order valence-corrected chi connectivity index (χ4v) is 5.43. The molecular formula is C14H14F11S+. The van der Waals surface area contributed by atoms with Crippen LogP contribution in [0.1, 0.15) is 13.8 Å². The van der Waals surface area contributed by atoms with E-state index in [0.717, 1.165) is 32.0 Å². The van der Waals surface area contributed by atoms with E-state index in [0.29, 0.717) is 12.1 Å². The van der Waals surface area contributed by atoms with E-state index in [1.54, 1.807) is 0 Å². The van der Waals surface area contributed by atoms with Gasteiger partial charge in [-0.2, -0.15) is 30.7 Å². The Kier molecular flexibility index (Phi) is 5.42. The third-order valence-corrected chi connectivity index (χ3v) is 7.16. The summed E-state index contributed by atoms with van der Waals surface area (Å²) in [6.07, 6.45) is -7.16. The molecule has 1 rings (SSSR count). The number of halogens is 11. The lowest BCUT2D eigenvalue weighted by Crippen LogP contribution is -2.70. The maximum absolute atomic E-state index is 15.2. The smallest absolute Gasteiger partial charge is 0.189 e. The molecule has 152 valence electrons. The minimum absolute atomic E-state index is 0.306. The Bertz CT molecular complexity index is 634. The molecule has 26 heavy (non-hydrogen) atoms. The van der Waals surface area contributed by atoms with Gasteiger partial charge in [0.15, 0.2) is 14.8 Å². The van der Waals surface area contributed by atoms with Crippen molar-refractivity contribution in [2.24, 2.45) is 5.92 Å². The van der Waals surface area contributed by atoms with Crippen LogP contribution in [-0.2, 0) is 9.93 Å². The summed E-state index contributed by atoms with van der Waals surface area (Å²) in [6.45, 7) is 1.85. The summed E-state index contributed by atoms with van der Waals surface area (Å²) in [4.78, 5) is -1.69. The van der Waals surface area contributed by atoms with Gasteiger partial charge >= 0.3 is 23.3 Å². The molecule has 0 aliphatic heterocycles. The summed E-state index contributed by atoms with van der Waals surface area (Å²) in [6, 6.07) is 3.20. The average molecular weight is 423 g/mol. The molecule has 0 aliphatic carbocycles. The first-order valence-electron chi connectivity index (χ1n) is 6.93. The van der Waals surface area contributed by atoms with E-state index in [2.05, 4.69) is 0 Å². The van der Waals surface area contributed by atoms with Crippen LogP contribution in [0.5, 0.6) is 0 Å². The molecule has 0 saturated carbocycles. The summed E-state index contributed by atoms with van der Waals surface area (Å²) in [5, 5.41) is -6.96. The predicted molar refractivity (Wildman–Crippen MR) is 74.9 cm³/mol. The third kappa shape index (κ3) is 3.03. The van der Waals surface area contributed by atoms with Crippen LogP contribution in [0.3, 0.4) is 0 Å². The van der Waals surface area contributed by atoms with Crippen LogP contribution in [0.2, 0.25) is 0 Å². The molecule has 0 aromatic heterocycles. The van der Waals surface area contributed by atoms with E-state index in [-0.39, 0.29) is 0 Å². The van der Waals surface area contributed by atoms with Gasteiger partial charge in [-0.25, -0.2) is 0 Å². The maximum atomic E-state index is 15.2. The van der Waals surface area contributed by atoms with Gasteiger partial charge in [-0.15, -0.1) is 8.78 Å². The van der Waals surface area contributed by atoms with Gasteiger partial charge in [0.05, 0.1) is 0 Å². The normalized spacial score (nSPS) is 16.5. The third-order valence-electron chi connectivity index (χ3n) is 3.45. The van der Waals surface area contributed by atoms with E-state index in [1.807, 2.05) is 0 Å². The molecule has 0 unspecified atom stereocenters. The van der Waals surface area contributed by atoms with Crippen molar-refractivity contribution in [3.05, 3.63) is 30.3 Å². The molecule has 0 bridgehead atoms. The van der Waals surface area contributed by atoms with Gasteiger partial charge in [-0.05, 0) is 25.8 Å². The highest BCUT2D eigenvalue weighted by Gasteiger charge is 2.94. The first-order valence-corrected chi connectivity index (χ1v) is 8.94. The molecule has 0 spiro atoms. The zero-order chi connectivity index (χ0) is 20.8. The fourth-order valence-electron chi connectivity index (χ4n) is 2.23. The number of hydrogen-bond acceptors (Lipinski definition) is 0. The summed E-state index contributed by atoms with van der Waals surface area (Å²) in [7, 11) is -7.99. The monoisotopic (exact) mass is 423 g/mol. The van der Waals surface area contributed by atoms with Gasteiger partial charge in [0.2, 0.25) is 0 Å². The van der Waals surface area contributed by atoms with Gasteiger partial charge in [0.1, 0.15) is 5.75 Å². The Labute approximate surface area is 142 Å². The topological polar surface area (TPSA) is 0 Å². The molecule has 0 N–H and O–H groups in total. The van der Waals surface area contributed by atoms with Gasteiger partial charge in [-0.3, -0.25) is 0 Å². The minimum atomic E-state index is -7.99. The summed E-state index contributed by atoms with van der Waals surface area (Å²) < 4.78 is 149. The molecular weight excluding hydrogens is 409 g/mol. The molecule has 0 atom stereocenters. The van der Waals surface area contributed by atoms with Crippen LogP contribution in [-0.4, -0.2) is 29.0 Å². The fraction of sp³-hybridized carbons (Fsp3) is 0.571. The van der Waals surface area contributed by atoms with Crippen molar-refractivity contribution in [3.63, 3.8) is 0 Å². The van der Waals surface area contributed by atoms with E-state index in [4.69, 9.17) is 0 Å². The van der Waals surface area contributed by atoms with Crippen molar-refractivity contribution in [1.29, 1.82) is 0 Å². The van der Waals surface area contributed by atoms with Crippen LogP contribution in [0, 0.1) is 5.92 Å². The first kappa shape index (κ1) is 22.8. The van der Waals surface area contributed by atoms with Crippen LogP contribution in [0.25, 0.3) is 0 Å². The van der Waals surface area contributed by atoms with Gasteiger partial charge in [0.25, 0.3) is 0 Å². The molecule has 0 aliphatic rings. The lowest BCUT2D eigenvalue weighted by atomic mass is 10.1. The number of benzene rings is 1. The molecule has 0 amide bonds. The largest absolute Gasteiger partial charge is 0.478 e. The first-order chi connectivity index (χ1) is 11.3. The van der Waals surface area contributed by atoms with E-state index in [1.165, 1.54) is 0 Å². The molecule has 12 heteroatoms. The molecule has 1 aromatic rings. The maximum Gasteiger partial charge on any atom is 0.478 e. The van der Waals surface area contributed by atoms with Crippen molar-refractivity contribution in [1.82, 2.24) is 0 Å². The van der Waals surface area contributed by atoms with Crippen molar-refractivity contribution < 1.29 is 47.3 Å². The Hall–Kier alpha value is -1.20. The van der Waals surface area contributed by atoms with Gasteiger partial charge in [-0.1, -0.05) is 32.0 Å². The molecule has 0 heterocycles. The van der Waals surface area contributed by atoms with E-state index >= 15 is 7.77 Å². The number of rotatable bonds is 6. The SMILES string of the molecule is CC(C)C[S+](F)(F)(c1ccccc1)C(F)(F)C(F)(F)C(F)(F)C(F)(F)F. The molecule has 1 aromatic carbocycles. The molecule has 0 saturated heterocycles. The van der Waals surface area contributed by atoms with E-state index in [9.17, 15) is 39.5 Å². The zero-order valence-electron chi connectivity index (χ0n) is 13.2. The Morgan fingerprint density at radius 2 is 1.19 bits per heavy atom. The summed E-state index contributed by atoms with van der Waals surface area (Å²) in [5.41, 5.74) is 0. The summed E-state index contributed by atoms with van der Waals surface area (Å²) in [5.74, 6) is -18.1. The number of hydrogen-bond donors (Lipinski definition) is 0. The van der Waals surface area contributed by atoms with Crippen LogP contribution in [0.4, 0.5) is 47.3 Å². The van der Waals surface area contributed by atoms with Crippen molar-refractivity contribution in [2.75, 3.05) is 5.75 Å². The highest BCUT2D eigenvalue weighted by Crippen LogP contribution is 2.69. The van der Waals surface area contributed by atoms with Gasteiger partial charge < -0.3 is 0 Å². The quantitative estimate of drug-likeness (QED) is 0.358. The van der Waals surface area contributed by atoms with Crippen LogP contribution >= 0.6 is 0 Å². The second-order valence-corrected chi connectivity index (χ2v) is 9.28. The standard InChI is InChI=1S/C14H14F11S/c1-9(2)8-26(24,25,10-6-4-3-5-7-10)14(22,23)12(17,18)11(15,16)13(19,20)21/h3-7,9H,8H2,1-2H3/q+1. The highest BCUT2D eigenvalue weighted by molar-refractivity contribution is 8.23. The van der Waals surface area contributed by atoms with Crippen LogP contribution < -0.4 is 0 Å². The second kappa shape index (κ2) is 6.16. The minimum Gasteiger partial charge on any atom is -0.189 e. The number of alkyl halides is 9. The Morgan fingerprint density at radius 3 is 1.54 bits per heavy atom. The molecule has 0 fully saturated rings. The van der Waals surface area contributed by atoms with Crippen molar-refractivity contribution >= 4 is 9.93 Å². The van der Waals surface area contributed by atoms with E-state index < -0.39 is 49.8 Å². The van der Waals surface area contributed by atoms with Crippen LogP contribution in [0.15, 0.2) is 35.2 Å². The molecule has 0 radical (unpaired) electrons. The lowest BCUT2D eigenvalue weighted by Gasteiger charge is -2.45. The summed E-state index contributed by atoms with van der Waals surface area (Å²) >= 11 is 0. The van der Waals surface area contributed by atoms with Crippen molar-refractivity contribution in [3.8, 4) is 0 Å². The zero-order valence-corrected chi connectivity index (χ0v) is 14.1. The Morgan fingerprint density at radius 1 is 0.769 bits per heavy atom. The highest BCUT2D eigenvalue weighted by atomic mass is 32.4. The van der Waals surface area contributed by atoms with Gasteiger partial charge in [0, 0.05) is 0 Å². The lowest BCUT2D eigenvalue weighted by molar-refractivity contribution is -0.383. The van der Waals surface area contributed by atoms with Crippen molar-refractivity contribution in [2.45, 2.75) is 42.0 Å².